The Hall–Kier alpha value is -1.32. The van der Waals surface area contributed by atoms with E-state index >= 15 is 0 Å². The Labute approximate surface area is 146 Å². The standard InChI is InChI=1S/C20H34O4/c1-2-3-4-5-6-7-8-9-10-11-12-13-14-15-17(21)19-18(22)16-24-20(19)23/h21H,2-16H2,1H3/b19-17+. The van der Waals surface area contributed by atoms with Gasteiger partial charge >= 0.3 is 5.97 Å². The fraction of sp³-hybridized carbons (Fsp3) is 0.800. The lowest BCUT2D eigenvalue weighted by atomic mass is 10.0. The number of unbranched alkanes of at least 4 members (excludes halogenated alkanes) is 12. The first kappa shape index (κ1) is 20.7. The number of aliphatic hydroxyl groups is 1. The number of cyclic esters (lactones) is 1. The van der Waals surface area contributed by atoms with Crippen molar-refractivity contribution in [2.24, 2.45) is 0 Å². The largest absolute Gasteiger partial charge is 0.511 e. The SMILES string of the molecule is CCCCCCCCCCCCCCC/C(O)=C1/C(=O)COC1=O. The Balaban J connectivity index is 1.91. The number of rotatable bonds is 14. The van der Waals surface area contributed by atoms with Gasteiger partial charge in [-0.1, -0.05) is 84.0 Å². The highest BCUT2D eigenvalue weighted by atomic mass is 16.5. The van der Waals surface area contributed by atoms with E-state index in [1.54, 1.807) is 0 Å². The molecule has 0 atom stereocenters. The third-order valence-corrected chi connectivity index (χ3v) is 4.62. The van der Waals surface area contributed by atoms with Crippen molar-refractivity contribution >= 4 is 11.8 Å². The van der Waals surface area contributed by atoms with Crippen molar-refractivity contribution in [3.63, 3.8) is 0 Å². The van der Waals surface area contributed by atoms with Gasteiger partial charge in [0, 0.05) is 6.42 Å². The van der Waals surface area contributed by atoms with Crippen LogP contribution in [-0.2, 0) is 14.3 Å². The summed E-state index contributed by atoms with van der Waals surface area (Å²) < 4.78 is 4.61. The summed E-state index contributed by atoms with van der Waals surface area (Å²) in [5.74, 6) is -1.16. The molecule has 1 aliphatic rings. The first-order chi connectivity index (χ1) is 11.7. The molecule has 0 saturated carbocycles. The van der Waals surface area contributed by atoms with Crippen molar-refractivity contribution in [2.45, 2.75) is 96.8 Å². The number of esters is 1. The van der Waals surface area contributed by atoms with Gasteiger partial charge in [0.15, 0.2) is 6.61 Å². The zero-order chi connectivity index (χ0) is 17.6. The number of ketones is 1. The lowest BCUT2D eigenvalue weighted by Gasteiger charge is -2.04. The van der Waals surface area contributed by atoms with E-state index in [1.165, 1.54) is 64.2 Å². The number of allylic oxidation sites excluding steroid dienone is 1. The van der Waals surface area contributed by atoms with Gasteiger partial charge in [-0.25, -0.2) is 4.79 Å². The predicted octanol–water partition coefficient (Wildman–Crippen LogP) is 5.41. The molecule has 0 spiro atoms. The van der Waals surface area contributed by atoms with Gasteiger partial charge in [0.2, 0.25) is 5.78 Å². The number of aliphatic hydroxyl groups excluding tert-OH is 1. The van der Waals surface area contributed by atoms with Crippen LogP contribution in [0, 0.1) is 0 Å². The first-order valence-corrected chi connectivity index (χ1v) is 9.79. The molecule has 0 aromatic heterocycles. The van der Waals surface area contributed by atoms with Crippen molar-refractivity contribution in [3.8, 4) is 0 Å². The minimum Gasteiger partial charge on any atom is -0.511 e. The van der Waals surface area contributed by atoms with Crippen LogP contribution in [0.1, 0.15) is 96.8 Å². The Bertz CT molecular complexity index is 394. The predicted molar refractivity (Wildman–Crippen MR) is 95.9 cm³/mol. The molecule has 0 aromatic rings. The molecule has 4 nitrogen and oxygen atoms in total. The third kappa shape index (κ3) is 8.51. The van der Waals surface area contributed by atoms with Gasteiger partial charge in [-0.2, -0.15) is 0 Å². The second-order valence-corrected chi connectivity index (χ2v) is 6.81. The molecular formula is C20H34O4. The third-order valence-electron chi connectivity index (χ3n) is 4.62. The fourth-order valence-electron chi connectivity index (χ4n) is 3.10. The quantitative estimate of drug-likeness (QED) is 0.151. The second kappa shape index (κ2) is 13.0. The lowest BCUT2D eigenvalue weighted by Crippen LogP contribution is -2.05. The maximum atomic E-state index is 11.4. The van der Waals surface area contributed by atoms with E-state index < -0.39 is 11.8 Å². The van der Waals surface area contributed by atoms with Gasteiger partial charge in [-0.3, -0.25) is 4.79 Å². The summed E-state index contributed by atoms with van der Waals surface area (Å²) in [4.78, 5) is 22.7. The Kier molecular flexibility index (Phi) is 11.2. The van der Waals surface area contributed by atoms with E-state index in [0.717, 1.165) is 19.3 Å². The van der Waals surface area contributed by atoms with Crippen LogP contribution in [0.5, 0.6) is 0 Å². The summed E-state index contributed by atoms with van der Waals surface area (Å²) in [6.45, 7) is 2.03. The van der Waals surface area contributed by atoms with Gasteiger partial charge in [0.25, 0.3) is 0 Å². The average molecular weight is 338 g/mol. The number of carbonyl (C=O) groups excluding carboxylic acids is 2. The van der Waals surface area contributed by atoms with Gasteiger partial charge in [0.05, 0.1) is 0 Å². The highest BCUT2D eigenvalue weighted by molar-refractivity contribution is 6.22. The van der Waals surface area contributed by atoms with Crippen LogP contribution in [0.25, 0.3) is 0 Å². The van der Waals surface area contributed by atoms with Crippen molar-refractivity contribution in [1.29, 1.82) is 0 Å². The second-order valence-electron chi connectivity index (χ2n) is 6.81. The number of hydrogen-bond donors (Lipinski definition) is 1. The molecule has 0 unspecified atom stereocenters. The molecule has 1 heterocycles. The van der Waals surface area contributed by atoms with Crippen molar-refractivity contribution < 1.29 is 19.4 Å². The molecule has 0 radical (unpaired) electrons. The Morgan fingerprint density at radius 2 is 1.29 bits per heavy atom. The summed E-state index contributed by atoms with van der Waals surface area (Å²) >= 11 is 0. The normalized spacial score (nSPS) is 16.5. The molecule has 0 aliphatic carbocycles. The van der Waals surface area contributed by atoms with Crippen LogP contribution in [0.4, 0.5) is 0 Å². The molecule has 1 fully saturated rings. The maximum absolute atomic E-state index is 11.4. The zero-order valence-corrected chi connectivity index (χ0v) is 15.3. The molecule has 1 rings (SSSR count). The smallest absolute Gasteiger partial charge is 0.345 e. The Morgan fingerprint density at radius 1 is 0.833 bits per heavy atom. The molecule has 0 amide bonds. The van der Waals surface area contributed by atoms with Crippen molar-refractivity contribution in [2.75, 3.05) is 6.61 Å². The van der Waals surface area contributed by atoms with E-state index in [0.29, 0.717) is 6.42 Å². The fourth-order valence-corrected chi connectivity index (χ4v) is 3.10. The van der Waals surface area contributed by atoms with E-state index in [-0.39, 0.29) is 17.9 Å². The topological polar surface area (TPSA) is 63.6 Å². The number of carbonyl (C=O) groups is 2. The molecule has 24 heavy (non-hydrogen) atoms. The van der Waals surface area contributed by atoms with Crippen LogP contribution >= 0.6 is 0 Å². The summed E-state index contributed by atoms with van der Waals surface area (Å²) in [7, 11) is 0. The van der Waals surface area contributed by atoms with Gasteiger partial charge < -0.3 is 9.84 Å². The van der Waals surface area contributed by atoms with Crippen LogP contribution < -0.4 is 0 Å². The van der Waals surface area contributed by atoms with Gasteiger partial charge in [0.1, 0.15) is 11.3 Å². The summed E-state index contributed by atoms with van der Waals surface area (Å²) in [6.07, 6.45) is 16.8. The van der Waals surface area contributed by atoms with Crippen molar-refractivity contribution in [1.82, 2.24) is 0 Å². The van der Waals surface area contributed by atoms with Crippen LogP contribution in [0.15, 0.2) is 11.3 Å². The highest BCUT2D eigenvalue weighted by Crippen LogP contribution is 2.19. The molecule has 0 aromatic carbocycles. The molecule has 1 N–H and O–H groups in total. The van der Waals surface area contributed by atoms with Crippen LogP contribution in [0.2, 0.25) is 0 Å². The average Bonchev–Trinajstić information content (AvgIpc) is 2.90. The first-order valence-electron chi connectivity index (χ1n) is 9.79. The summed E-state index contributed by atoms with van der Waals surface area (Å²) in [5.41, 5.74) is -0.131. The molecule has 1 aliphatic heterocycles. The maximum Gasteiger partial charge on any atom is 0.345 e. The molecular weight excluding hydrogens is 304 g/mol. The Morgan fingerprint density at radius 3 is 1.71 bits per heavy atom. The number of ether oxygens (including phenoxy) is 1. The number of hydrogen-bond acceptors (Lipinski definition) is 4. The van der Waals surface area contributed by atoms with Crippen molar-refractivity contribution in [3.05, 3.63) is 11.3 Å². The monoisotopic (exact) mass is 338 g/mol. The van der Waals surface area contributed by atoms with E-state index in [1.807, 2.05) is 0 Å². The summed E-state index contributed by atoms with van der Waals surface area (Å²) in [5, 5.41) is 9.82. The van der Waals surface area contributed by atoms with Crippen LogP contribution in [-0.4, -0.2) is 23.5 Å². The van der Waals surface area contributed by atoms with E-state index in [2.05, 4.69) is 11.7 Å². The number of Topliss-reactive ketones (excluding diaryl/α,β-unsaturated/α-hetero) is 1. The molecule has 1 saturated heterocycles. The highest BCUT2D eigenvalue weighted by Gasteiger charge is 2.31. The zero-order valence-electron chi connectivity index (χ0n) is 15.3. The van der Waals surface area contributed by atoms with Gasteiger partial charge in [-0.15, -0.1) is 0 Å². The summed E-state index contributed by atoms with van der Waals surface area (Å²) in [6, 6.07) is 0. The van der Waals surface area contributed by atoms with Gasteiger partial charge in [-0.05, 0) is 6.42 Å². The molecule has 4 heteroatoms. The molecule has 138 valence electrons. The van der Waals surface area contributed by atoms with Crippen LogP contribution in [0.3, 0.4) is 0 Å². The van der Waals surface area contributed by atoms with E-state index in [9.17, 15) is 14.7 Å². The lowest BCUT2D eigenvalue weighted by molar-refractivity contribution is -0.135. The molecule has 0 bridgehead atoms. The minimum atomic E-state index is -0.674. The minimum absolute atomic E-state index is 0.0921. The van der Waals surface area contributed by atoms with E-state index in [4.69, 9.17) is 0 Å².